The van der Waals surface area contributed by atoms with E-state index in [2.05, 4.69) is 42.5 Å². The van der Waals surface area contributed by atoms with Crippen molar-refractivity contribution in [1.82, 2.24) is 0 Å². The number of nitrogens with two attached hydrogens (primary N) is 2. The fourth-order valence-corrected chi connectivity index (χ4v) is 3.38. The van der Waals surface area contributed by atoms with Crippen molar-refractivity contribution in [3.63, 3.8) is 0 Å². The summed E-state index contributed by atoms with van der Waals surface area (Å²) in [5.74, 6) is 1.44. The molecule has 3 unspecified atom stereocenters. The standard InChI is InChI=1S/C18H24N2/c19-17-9-5-15(6-10-17)13-1-2-14(4-3-13)16-7-11-18(20)12-8-16/h1,5-7,9,11-12,14,16-17H,2-4,8,10,19-20H2. The molecular weight excluding hydrogens is 244 g/mol. The molecule has 0 aromatic rings. The van der Waals surface area contributed by atoms with Gasteiger partial charge in [0.2, 0.25) is 0 Å². The lowest BCUT2D eigenvalue weighted by atomic mass is 9.76. The number of allylic oxidation sites excluding steroid dienone is 7. The van der Waals surface area contributed by atoms with Gasteiger partial charge in [-0.25, -0.2) is 0 Å². The van der Waals surface area contributed by atoms with Gasteiger partial charge in [0.05, 0.1) is 0 Å². The maximum absolute atomic E-state index is 5.88. The van der Waals surface area contributed by atoms with E-state index in [1.165, 1.54) is 30.4 Å². The summed E-state index contributed by atoms with van der Waals surface area (Å²) in [6.07, 6.45) is 21.3. The molecule has 0 heterocycles. The summed E-state index contributed by atoms with van der Waals surface area (Å²) in [5.41, 5.74) is 15.5. The van der Waals surface area contributed by atoms with Gasteiger partial charge in [-0.1, -0.05) is 36.5 Å². The molecule has 0 radical (unpaired) electrons. The van der Waals surface area contributed by atoms with Crippen molar-refractivity contribution in [3.05, 3.63) is 59.4 Å². The highest BCUT2D eigenvalue weighted by Gasteiger charge is 2.23. The third-order valence-corrected chi connectivity index (χ3v) is 4.72. The van der Waals surface area contributed by atoms with Crippen LogP contribution in [-0.2, 0) is 0 Å². The molecule has 0 aromatic heterocycles. The van der Waals surface area contributed by atoms with E-state index in [1.807, 2.05) is 0 Å². The minimum Gasteiger partial charge on any atom is -0.399 e. The average Bonchev–Trinajstić information content (AvgIpc) is 2.49. The summed E-state index contributed by atoms with van der Waals surface area (Å²) >= 11 is 0. The monoisotopic (exact) mass is 268 g/mol. The Hall–Kier alpha value is -1.54. The molecule has 0 saturated heterocycles. The van der Waals surface area contributed by atoms with Gasteiger partial charge in [0, 0.05) is 11.7 Å². The number of rotatable bonds is 2. The molecule has 106 valence electrons. The zero-order valence-electron chi connectivity index (χ0n) is 12.0. The predicted molar refractivity (Wildman–Crippen MR) is 84.8 cm³/mol. The molecular formula is C18H24N2. The minimum atomic E-state index is 0.209. The fourth-order valence-electron chi connectivity index (χ4n) is 3.38. The first-order valence-corrected chi connectivity index (χ1v) is 7.69. The number of hydrogen-bond donors (Lipinski definition) is 2. The fraction of sp³-hybridized carbons (Fsp3) is 0.444. The van der Waals surface area contributed by atoms with Crippen molar-refractivity contribution in [2.24, 2.45) is 23.3 Å². The highest BCUT2D eigenvalue weighted by molar-refractivity contribution is 5.43. The van der Waals surface area contributed by atoms with Crippen LogP contribution in [0.4, 0.5) is 0 Å². The first-order chi connectivity index (χ1) is 9.72. The van der Waals surface area contributed by atoms with Crippen LogP contribution in [0.3, 0.4) is 0 Å². The van der Waals surface area contributed by atoms with E-state index >= 15 is 0 Å². The highest BCUT2D eigenvalue weighted by atomic mass is 14.6. The van der Waals surface area contributed by atoms with Crippen LogP contribution in [0, 0.1) is 11.8 Å². The molecule has 3 aliphatic rings. The van der Waals surface area contributed by atoms with Crippen molar-refractivity contribution in [2.45, 2.75) is 38.1 Å². The first-order valence-electron chi connectivity index (χ1n) is 7.69. The second-order valence-corrected chi connectivity index (χ2v) is 6.14. The smallest absolute Gasteiger partial charge is 0.0270 e. The topological polar surface area (TPSA) is 52.0 Å². The first kappa shape index (κ1) is 13.4. The Kier molecular flexibility index (Phi) is 3.93. The van der Waals surface area contributed by atoms with E-state index in [1.54, 1.807) is 0 Å². The lowest BCUT2D eigenvalue weighted by Gasteiger charge is -2.29. The van der Waals surface area contributed by atoms with Crippen LogP contribution in [0.25, 0.3) is 0 Å². The summed E-state index contributed by atoms with van der Waals surface area (Å²) in [6.45, 7) is 0. The lowest BCUT2D eigenvalue weighted by Crippen LogP contribution is -2.20. The lowest BCUT2D eigenvalue weighted by molar-refractivity contribution is 0.360. The van der Waals surface area contributed by atoms with Gasteiger partial charge >= 0.3 is 0 Å². The van der Waals surface area contributed by atoms with Gasteiger partial charge < -0.3 is 11.5 Å². The van der Waals surface area contributed by atoms with Crippen LogP contribution in [-0.4, -0.2) is 6.04 Å². The molecule has 3 atom stereocenters. The Morgan fingerprint density at radius 3 is 2.45 bits per heavy atom. The second-order valence-electron chi connectivity index (χ2n) is 6.14. The minimum absolute atomic E-state index is 0.209. The summed E-state index contributed by atoms with van der Waals surface area (Å²) in [7, 11) is 0. The van der Waals surface area contributed by atoms with Crippen LogP contribution >= 0.6 is 0 Å². The highest BCUT2D eigenvalue weighted by Crippen LogP contribution is 2.36. The Bertz CT molecular complexity index is 520. The van der Waals surface area contributed by atoms with Gasteiger partial charge in [0.25, 0.3) is 0 Å². The van der Waals surface area contributed by atoms with Crippen molar-refractivity contribution in [2.75, 3.05) is 0 Å². The van der Waals surface area contributed by atoms with Gasteiger partial charge in [-0.15, -0.1) is 0 Å². The molecule has 0 aromatic carbocycles. The van der Waals surface area contributed by atoms with Gasteiger partial charge in [-0.3, -0.25) is 0 Å². The van der Waals surface area contributed by atoms with Gasteiger partial charge in [0.1, 0.15) is 0 Å². The van der Waals surface area contributed by atoms with E-state index in [-0.39, 0.29) is 6.04 Å². The van der Waals surface area contributed by atoms with Gasteiger partial charge in [-0.05, 0) is 61.2 Å². The normalized spacial score (nSPS) is 33.5. The molecule has 4 N–H and O–H groups in total. The Labute approximate surface area is 121 Å². The summed E-state index contributed by atoms with van der Waals surface area (Å²) in [6, 6.07) is 0.209. The van der Waals surface area contributed by atoms with Crippen molar-refractivity contribution in [3.8, 4) is 0 Å². The van der Waals surface area contributed by atoms with E-state index in [0.29, 0.717) is 5.92 Å². The zero-order valence-corrected chi connectivity index (χ0v) is 12.0. The molecule has 3 rings (SSSR count). The van der Waals surface area contributed by atoms with E-state index in [0.717, 1.165) is 24.5 Å². The molecule has 0 saturated carbocycles. The van der Waals surface area contributed by atoms with Gasteiger partial charge in [0.15, 0.2) is 0 Å². The van der Waals surface area contributed by atoms with Crippen molar-refractivity contribution in [1.29, 1.82) is 0 Å². The molecule has 2 nitrogen and oxygen atoms in total. The maximum atomic E-state index is 5.88. The maximum Gasteiger partial charge on any atom is 0.0270 e. The predicted octanol–water partition coefficient (Wildman–Crippen LogP) is 3.35. The van der Waals surface area contributed by atoms with E-state index in [4.69, 9.17) is 11.5 Å². The van der Waals surface area contributed by atoms with Gasteiger partial charge in [-0.2, -0.15) is 0 Å². The van der Waals surface area contributed by atoms with Crippen LogP contribution in [0.15, 0.2) is 59.4 Å². The molecule has 2 heteroatoms. The van der Waals surface area contributed by atoms with Crippen LogP contribution in [0.5, 0.6) is 0 Å². The molecule has 20 heavy (non-hydrogen) atoms. The van der Waals surface area contributed by atoms with E-state index < -0.39 is 0 Å². The molecule has 0 aliphatic heterocycles. The molecule has 0 bridgehead atoms. The van der Waals surface area contributed by atoms with Crippen LogP contribution < -0.4 is 11.5 Å². The number of hydrogen-bond acceptors (Lipinski definition) is 2. The summed E-state index contributed by atoms with van der Waals surface area (Å²) < 4.78 is 0. The Morgan fingerprint density at radius 1 is 0.950 bits per heavy atom. The largest absolute Gasteiger partial charge is 0.399 e. The molecule has 0 amide bonds. The van der Waals surface area contributed by atoms with E-state index in [9.17, 15) is 0 Å². The summed E-state index contributed by atoms with van der Waals surface area (Å²) in [4.78, 5) is 0. The van der Waals surface area contributed by atoms with Crippen LogP contribution in [0.2, 0.25) is 0 Å². The average molecular weight is 268 g/mol. The summed E-state index contributed by atoms with van der Waals surface area (Å²) in [5, 5.41) is 0. The quantitative estimate of drug-likeness (QED) is 0.807. The molecule has 0 spiro atoms. The third-order valence-electron chi connectivity index (χ3n) is 4.72. The van der Waals surface area contributed by atoms with Crippen molar-refractivity contribution < 1.29 is 0 Å². The second kappa shape index (κ2) is 5.84. The SMILES string of the molecule is NC1=CCC(C2CC=C(C3=CCC(N)C=C3)CC2)C=C1. The van der Waals surface area contributed by atoms with Crippen molar-refractivity contribution >= 4 is 0 Å². The molecule has 0 fully saturated rings. The van der Waals surface area contributed by atoms with Crippen LogP contribution in [0.1, 0.15) is 32.1 Å². The third kappa shape index (κ3) is 2.96. The zero-order chi connectivity index (χ0) is 13.9. The Morgan fingerprint density at radius 2 is 1.85 bits per heavy atom. The Balaban J connectivity index is 1.61. The molecule has 3 aliphatic carbocycles.